The number of methoxy groups -OCH3 is 1. The van der Waals surface area contributed by atoms with Gasteiger partial charge in [0.2, 0.25) is 12.7 Å². The van der Waals surface area contributed by atoms with Gasteiger partial charge in [-0.1, -0.05) is 24.3 Å². The number of hydrogen-bond donors (Lipinski definition) is 0. The lowest BCUT2D eigenvalue weighted by Gasteiger charge is -2.23. The van der Waals surface area contributed by atoms with E-state index in [-0.39, 0.29) is 19.3 Å². The molecule has 1 aliphatic heterocycles. The number of amides is 1. The molecule has 34 heavy (non-hydrogen) atoms. The van der Waals surface area contributed by atoms with E-state index in [1.807, 2.05) is 59.3 Å². The molecule has 1 aliphatic rings. The van der Waals surface area contributed by atoms with E-state index in [9.17, 15) is 4.79 Å². The molecule has 0 aliphatic carbocycles. The summed E-state index contributed by atoms with van der Waals surface area (Å²) in [6.07, 6.45) is 1.74. The van der Waals surface area contributed by atoms with Crippen LogP contribution >= 0.6 is 0 Å². The highest BCUT2D eigenvalue weighted by molar-refractivity contribution is 5.77. The molecule has 9 nitrogen and oxygen atoms in total. The lowest BCUT2D eigenvalue weighted by Crippen LogP contribution is -2.34. The summed E-state index contributed by atoms with van der Waals surface area (Å²) in [5.74, 6) is 1.26. The van der Waals surface area contributed by atoms with Crippen molar-refractivity contribution in [3.63, 3.8) is 0 Å². The van der Waals surface area contributed by atoms with Crippen LogP contribution in [0.5, 0.6) is 11.5 Å². The monoisotopic (exact) mass is 467 g/mol. The van der Waals surface area contributed by atoms with Crippen molar-refractivity contribution in [3.05, 3.63) is 72.1 Å². The Labute approximate surface area is 198 Å². The summed E-state index contributed by atoms with van der Waals surface area (Å²) in [6.45, 7) is 2.67. The van der Waals surface area contributed by atoms with Crippen LogP contribution in [0.25, 0.3) is 5.69 Å². The van der Waals surface area contributed by atoms with Crippen molar-refractivity contribution < 1.29 is 28.5 Å². The first-order chi connectivity index (χ1) is 16.7. The van der Waals surface area contributed by atoms with Gasteiger partial charge in [0.15, 0.2) is 11.5 Å². The van der Waals surface area contributed by atoms with Crippen LogP contribution in [0.2, 0.25) is 0 Å². The summed E-state index contributed by atoms with van der Waals surface area (Å²) >= 11 is 0. The average Bonchev–Trinajstić information content (AvgIpc) is 3.52. The Morgan fingerprint density at radius 3 is 2.62 bits per heavy atom. The highest BCUT2D eigenvalue weighted by Gasteiger charge is 2.20. The van der Waals surface area contributed by atoms with Gasteiger partial charge in [0, 0.05) is 19.9 Å². The van der Waals surface area contributed by atoms with Crippen molar-refractivity contribution in [1.82, 2.24) is 14.7 Å². The van der Waals surface area contributed by atoms with Gasteiger partial charge in [-0.25, -0.2) is 4.68 Å². The number of benzene rings is 2. The van der Waals surface area contributed by atoms with Crippen LogP contribution in [0, 0.1) is 0 Å². The molecule has 0 unspecified atom stereocenters. The van der Waals surface area contributed by atoms with Gasteiger partial charge < -0.3 is 28.6 Å². The lowest BCUT2D eigenvalue weighted by atomic mass is 10.2. The second-order valence-corrected chi connectivity index (χ2v) is 7.67. The number of para-hydroxylation sites is 1. The molecule has 0 atom stereocenters. The van der Waals surface area contributed by atoms with Crippen molar-refractivity contribution >= 4 is 5.91 Å². The zero-order valence-corrected chi connectivity index (χ0v) is 19.2. The molecule has 1 amide bonds. The highest BCUT2D eigenvalue weighted by Crippen LogP contribution is 2.33. The van der Waals surface area contributed by atoms with Gasteiger partial charge in [0.1, 0.15) is 6.61 Å². The molecular formula is C25H29N3O6. The smallest absolute Gasteiger partial charge is 0.249 e. The molecule has 0 spiro atoms. The van der Waals surface area contributed by atoms with E-state index in [0.717, 1.165) is 16.9 Å². The Bertz CT molecular complexity index is 1060. The zero-order chi connectivity index (χ0) is 23.6. The summed E-state index contributed by atoms with van der Waals surface area (Å²) in [6, 6.07) is 17.4. The fraction of sp³-hybridized carbons (Fsp3) is 0.360. The Hall–Kier alpha value is -3.40. The number of rotatable bonds is 13. The number of carbonyl (C=O) groups excluding carboxylic acids is 1. The number of ether oxygens (including phenoxy) is 5. The van der Waals surface area contributed by atoms with Gasteiger partial charge in [-0.3, -0.25) is 4.79 Å². The largest absolute Gasteiger partial charge is 0.454 e. The molecular weight excluding hydrogens is 438 g/mol. The van der Waals surface area contributed by atoms with E-state index >= 15 is 0 Å². The third kappa shape index (κ3) is 6.34. The maximum absolute atomic E-state index is 13.1. The predicted molar refractivity (Wildman–Crippen MR) is 124 cm³/mol. The molecule has 2 aromatic carbocycles. The topological polar surface area (TPSA) is 84.3 Å². The molecule has 0 radical (unpaired) electrons. The molecule has 2 heterocycles. The highest BCUT2D eigenvalue weighted by atomic mass is 16.7. The van der Waals surface area contributed by atoms with Crippen molar-refractivity contribution in [3.8, 4) is 17.2 Å². The van der Waals surface area contributed by atoms with Gasteiger partial charge in [-0.2, -0.15) is 5.10 Å². The van der Waals surface area contributed by atoms with Crippen LogP contribution in [0.4, 0.5) is 0 Å². The maximum atomic E-state index is 13.1. The van der Waals surface area contributed by atoms with Crippen LogP contribution in [0.3, 0.4) is 0 Å². The molecule has 9 heteroatoms. The fourth-order valence-electron chi connectivity index (χ4n) is 3.55. The molecule has 1 aromatic heterocycles. The Kier molecular flexibility index (Phi) is 8.50. The average molecular weight is 468 g/mol. The molecule has 0 bridgehead atoms. The first-order valence-corrected chi connectivity index (χ1v) is 11.1. The lowest BCUT2D eigenvalue weighted by molar-refractivity contribution is -0.138. The summed E-state index contributed by atoms with van der Waals surface area (Å²) in [4.78, 5) is 14.9. The Morgan fingerprint density at radius 1 is 0.971 bits per heavy atom. The van der Waals surface area contributed by atoms with E-state index < -0.39 is 0 Å². The van der Waals surface area contributed by atoms with Crippen LogP contribution in [-0.4, -0.2) is 67.5 Å². The van der Waals surface area contributed by atoms with Crippen LogP contribution < -0.4 is 9.47 Å². The van der Waals surface area contributed by atoms with Gasteiger partial charge in [0.25, 0.3) is 0 Å². The van der Waals surface area contributed by atoms with E-state index in [1.54, 1.807) is 18.2 Å². The molecule has 0 saturated heterocycles. The maximum Gasteiger partial charge on any atom is 0.249 e. The van der Waals surface area contributed by atoms with E-state index in [4.69, 9.17) is 23.7 Å². The van der Waals surface area contributed by atoms with E-state index in [2.05, 4.69) is 5.10 Å². The third-order valence-corrected chi connectivity index (χ3v) is 5.27. The summed E-state index contributed by atoms with van der Waals surface area (Å²) in [5.41, 5.74) is 2.76. The zero-order valence-electron chi connectivity index (χ0n) is 19.2. The Morgan fingerprint density at radius 2 is 1.76 bits per heavy atom. The molecule has 3 aromatic rings. The van der Waals surface area contributed by atoms with Crippen molar-refractivity contribution in [2.24, 2.45) is 0 Å². The molecule has 180 valence electrons. The summed E-state index contributed by atoms with van der Waals surface area (Å²) in [7, 11) is 1.62. The molecule has 0 N–H and O–H groups in total. The quantitative estimate of drug-likeness (QED) is 0.358. The Balaban J connectivity index is 1.43. The SMILES string of the molecule is COCCOCCOCC(=O)N(Cc1ccc2c(c1)OCO2)Cc1ccnn1-c1ccccc1. The van der Waals surface area contributed by atoms with Crippen molar-refractivity contribution in [2.45, 2.75) is 13.1 Å². The number of fused-ring (bicyclic) bond motifs is 1. The fourth-order valence-corrected chi connectivity index (χ4v) is 3.55. The van der Waals surface area contributed by atoms with Crippen molar-refractivity contribution in [2.75, 3.05) is 46.9 Å². The van der Waals surface area contributed by atoms with Gasteiger partial charge in [0.05, 0.1) is 44.4 Å². The second-order valence-electron chi connectivity index (χ2n) is 7.67. The number of nitrogens with zero attached hydrogens (tertiary/aromatic N) is 3. The van der Waals surface area contributed by atoms with E-state index in [1.165, 1.54) is 0 Å². The summed E-state index contributed by atoms with van der Waals surface area (Å²) < 4.78 is 28.7. The van der Waals surface area contributed by atoms with Crippen LogP contribution in [0.1, 0.15) is 11.3 Å². The molecule has 4 rings (SSSR count). The second kappa shape index (κ2) is 12.2. The van der Waals surface area contributed by atoms with Gasteiger partial charge in [-0.05, 0) is 35.9 Å². The van der Waals surface area contributed by atoms with Crippen LogP contribution in [-0.2, 0) is 32.1 Å². The van der Waals surface area contributed by atoms with E-state index in [0.29, 0.717) is 51.0 Å². The third-order valence-electron chi connectivity index (χ3n) is 5.27. The van der Waals surface area contributed by atoms with Crippen LogP contribution in [0.15, 0.2) is 60.8 Å². The minimum Gasteiger partial charge on any atom is -0.454 e. The van der Waals surface area contributed by atoms with Gasteiger partial charge in [-0.15, -0.1) is 0 Å². The minimum absolute atomic E-state index is 0.0440. The number of hydrogen-bond acceptors (Lipinski definition) is 7. The first kappa shape index (κ1) is 23.7. The van der Waals surface area contributed by atoms with Crippen molar-refractivity contribution in [1.29, 1.82) is 0 Å². The number of carbonyl (C=O) groups is 1. The number of aromatic nitrogens is 2. The standard InChI is InChI=1S/C25H29N3O6/c1-30-11-12-31-13-14-32-18-25(29)27(16-20-7-8-23-24(15-20)34-19-33-23)17-22-9-10-26-28(22)21-5-3-2-4-6-21/h2-10,15H,11-14,16-19H2,1H3. The van der Waals surface area contributed by atoms with Gasteiger partial charge >= 0.3 is 0 Å². The minimum atomic E-state index is -0.129. The predicted octanol–water partition coefficient (Wildman–Crippen LogP) is 2.81. The summed E-state index contributed by atoms with van der Waals surface area (Å²) in [5, 5.41) is 4.45. The molecule has 0 fully saturated rings. The molecule has 0 saturated carbocycles. The first-order valence-electron chi connectivity index (χ1n) is 11.1. The normalized spacial score (nSPS) is 12.1.